The molecule has 1 unspecified atom stereocenters. The molecule has 0 aliphatic carbocycles. The van der Waals surface area contributed by atoms with Crippen LogP contribution in [-0.4, -0.2) is 40.1 Å². The molecule has 9 heteroatoms. The van der Waals surface area contributed by atoms with Gasteiger partial charge in [-0.1, -0.05) is 26.8 Å². The van der Waals surface area contributed by atoms with Gasteiger partial charge in [-0.15, -0.1) is 0 Å². The highest BCUT2D eigenvalue weighted by Gasteiger charge is 2.45. The molecule has 0 fully saturated rings. The number of carbonyl (C=O) groups excluding carboxylic acids is 2. The standard InChI is InChI=1S/C25H33N3O6/c1-8-32-22(30)16-17-19(26-15-12-10-11-13-28(15)21(17)29)34-20(18(16)23(31)33-9-2)27-25(6,7)14-24(3,4)5/h10-13,16,27H,8-9,14H2,1-7H3. The number of hydrogen-bond acceptors (Lipinski definition) is 8. The van der Waals surface area contributed by atoms with Gasteiger partial charge in [0, 0.05) is 11.7 Å². The molecule has 0 radical (unpaired) electrons. The van der Waals surface area contributed by atoms with Gasteiger partial charge in [-0.05, 0) is 51.7 Å². The van der Waals surface area contributed by atoms with E-state index in [9.17, 15) is 14.4 Å². The van der Waals surface area contributed by atoms with Crippen molar-refractivity contribution >= 4 is 17.6 Å². The van der Waals surface area contributed by atoms with Crippen LogP contribution in [0.2, 0.25) is 0 Å². The second kappa shape index (κ2) is 9.48. The van der Waals surface area contributed by atoms with E-state index in [2.05, 4.69) is 31.1 Å². The Morgan fingerprint density at radius 3 is 2.41 bits per heavy atom. The average Bonchev–Trinajstić information content (AvgIpc) is 2.71. The molecule has 34 heavy (non-hydrogen) atoms. The number of rotatable bonds is 7. The second-order valence-corrected chi connectivity index (χ2v) is 10.1. The molecule has 1 atom stereocenters. The lowest BCUT2D eigenvalue weighted by Gasteiger charge is -2.37. The summed E-state index contributed by atoms with van der Waals surface area (Å²) in [7, 11) is 0. The maximum absolute atomic E-state index is 13.4. The molecule has 2 aromatic heterocycles. The molecular formula is C25H33N3O6. The molecule has 1 aliphatic rings. The first kappa shape index (κ1) is 25.3. The normalized spacial score (nSPS) is 16.0. The summed E-state index contributed by atoms with van der Waals surface area (Å²) >= 11 is 0. The Morgan fingerprint density at radius 2 is 1.79 bits per heavy atom. The predicted molar refractivity (Wildman–Crippen MR) is 126 cm³/mol. The largest absolute Gasteiger partial charge is 0.465 e. The Balaban J connectivity index is 2.27. The van der Waals surface area contributed by atoms with Gasteiger partial charge < -0.3 is 19.5 Å². The van der Waals surface area contributed by atoms with E-state index < -0.39 is 29.0 Å². The Labute approximate surface area is 199 Å². The number of esters is 2. The zero-order valence-corrected chi connectivity index (χ0v) is 20.9. The lowest BCUT2D eigenvalue weighted by Crippen LogP contribution is -2.46. The van der Waals surface area contributed by atoms with Gasteiger partial charge in [0.05, 0.1) is 18.8 Å². The maximum Gasteiger partial charge on any atom is 0.340 e. The van der Waals surface area contributed by atoms with Crippen LogP contribution in [0.4, 0.5) is 0 Å². The zero-order valence-electron chi connectivity index (χ0n) is 20.9. The first-order valence-corrected chi connectivity index (χ1v) is 11.4. The number of carbonyl (C=O) groups is 2. The third-order valence-electron chi connectivity index (χ3n) is 5.20. The van der Waals surface area contributed by atoms with Gasteiger partial charge in [0.15, 0.2) is 0 Å². The summed E-state index contributed by atoms with van der Waals surface area (Å²) < 4.78 is 17.9. The minimum absolute atomic E-state index is 0.0328. The Morgan fingerprint density at radius 1 is 1.12 bits per heavy atom. The van der Waals surface area contributed by atoms with Crippen LogP contribution < -0.4 is 15.6 Å². The van der Waals surface area contributed by atoms with Crippen LogP contribution in [-0.2, 0) is 19.1 Å². The molecule has 1 N–H and O–H groups in total. The van der Waals surface area contributed by atoms with Crippen molar-refractivity contribution in [3.8, 4) is 5.88 Å². The Hall–Kier alpha value is -3.36. The van der Waals surface area contributed by atoms with Gasteiger partial charge in [0.2, 0.25) is 11.8 Å². The summed E-state index contributed by atoms with van der Waals surface area (Å²) in [6.07, 6.45) is 2.26. The van der Waals surface area contributed by atoms with Crippen molar-refractivity contribution in [2.24, 2.45) is 5.41 Å². The maximum atomic E-state index is 13.4. The van der Waals surface area contributed by atoms with Crippen molar-refractivity contribution < 1.29 is 23.8 Å². The van der Waals surface area contributed by atoms with Crippen LogP contribution in [0.5, 0.6) is 5.88 Å². The molecule has 3 rings (SSSR count). The van der Waals surface area contributed by atoms with Gasteiger partial charge >= 0.3 is 11.9 Å². The highest BCUT2D eigenvalue weighted by atomic mass is 16.5. The van der Waals surface area contributed by atoms with Gasteiger partial charge in [-0.25, -0.2) is 4.79 Å². The average molecular weight is 472 g/mol. The topological polar surface area (TPSA) is 108 Å². The first-order valence-electron chi connectivity index (χ1n) is 11.4. The number of nitrogens with one attached hydrogen (secondary N) is 1. The molecule has 184 valence electrons. The van der Waals surface area contributed by atoms with Crippen molar-refractivity contribution in [3.05, 3.63) is 51.8 Å². The number of fused-ring (bicyclic) bond motifs is 2. The predicted octanol–water partition coefficient (Wildman–Crippen LogP) is 3.31. The van der Waals surface area contributed by atoms with Crippen molar-refractivity contribution in [2.45, 2.75) is 66.3 Å². The first-order chi connectivity index (χ1) is 15.9. The second-order valence-electron chi connectivity index (χ2n) is 10.1. The van der Waals surface area contributed by atoms with Crippen molar-refractivity contribution in [1.82, 2.24) is 14.7 Å². The lowest BCUT2D eigenvalue weighted by atomic mass is 9.81. The molecule has 0 amide bonds. The molecule has 0 bridgehead atoms. The van der Waals surface area contributed by atoms with Crippen LogP contribution in [0.25, 0.3) is 5.65 Å². The monoisotopic (exact) mass is 471 g/mol. The summed E-state index contributed by atoms with van der Waals surface area (Å²) in [5.41, 5.74) is -0.917. The Bertz CT molecular complexity index is 1190. The van der Waals surface area contributed by atoms with Crippen LogP contribution in [0.1, 0.15) is 66.4 Å². The number of hydrogen-bond donors (Lipinski definition) is 1. The quantitative estimate of drug-likeness (QED) is 0.613. The number of pyridine rings is 1. The highest BCUT2D eigenvalue weighted by Crippen LogP contribution is 2.38. The third kappa shape index (κ3) is 5.24. The smallest absolute Gasteiger partial charge is 0.340 e. The number of ether oxygens (including phenoxy) is 3. The summed E-state index contributed by atoms with van der Waals surface area (Å²) in [4.78, 5) is 44.2. The summed E-state index contributed by atoms with van der Waals surface area (Å²) in [5, 5.41) is 3.28. The van der Waals surface area contributed by atoms with E-state index in [1.807, 2.05) is 13.8 Å². The SMILES string of the molecule is CCOC(=O)C1=C(NC(C)(C)CC(C)(C)C)Oc2nc3ccccn3c(=O)c2C1C(=O)OCC. The fourth-order valence-electron chi connectivity index (χ4n) is 4.49. The van der Waals surface area contributed by atoms with Gasteiger partial charge in [0.1, 0.15) is 17.1 Å². The molecule has 0 saturated carbocycles. The van der Waals surface area contributed by atoms with Crippen molar-refractivity contribution in [2.75, 3.05) is 13.2 Å². The van der Waals surface area contributed by atoms with Gasteiger partial charge in [-0.2, -0.15) is 4.98 Å². The highest BCUT2D eigenvalue weighted by molar-refractivity contribution is 6.00. The lowest BCUT2D eigenvalue weighted by molar-refractivity contribution is -0.148. The molecule has 1 aliphatic heterocycles. The van der Waals surface area contributed by atoms with E-state index in [0.29, 0.717) is 12.1 Å². The molecular weight excluding hydrogens is 438 g/mol. The molecule has 0 aromatic carbocycles. The van der Waals surface area contributed by atoms with Crippen LogP contribution in [0.15, 0.2) is 40.6 Å². The zero-order chi connectivity index (χ0) is 25.3. The van der Waals surface area contributed by atoms with Crippen LogP contribution in [0, 0.1) is 5.41 Å². The van der Waals surface area contributed by atoms with Gasteiger partial charge in [-0.3, -0.25) is 14.0 Å². The van der Waals surface area contributed by atoms with E-state index in [1.54, 1.807) is 38.2 Å². The third-order valence-corrected chi connectivity index (χ3v) is 5.20. The molecule has 2 aromatic rings. The summed E-state index contributed by atoms with van der Waals surface area (Å²) in [6.45, 7) is 13.7. The summed E-state index contributed by atoms with van der Waals surface area (Å²) in [6, 6.07) is 5.08. The minimum atomic E-state index is -1.35. The molecule has 0 spiro atoms. The van der Waals surface area contributed by atoms with Crippen molar-refractivity contribution in [3.63, 3.8) is 0 Å². The number of nitrogens with zero attached hydrogens (tertiary/aromatic N) is 2. The van der Waals surface area contributed by atoms with E-state index >= 15 is 0 Å². The molecule has 0 saturated heterocycles. The van der Waals surface area contributed by atoms with Gasteiger partial charge in [0.25, 0.3) is 5.56 Å². The van der Waals surface area contributed by atoms with E-state index in [4.69, 9.17) is 14.2 Å². The fourth-order valence-corrected chi connectivity index (χ4v) is 4.49. The van der Waals surface area contributed by atoms with Crippen LogP contribution >= 0.6 is 0 Å². The van der Waals surface area contributed by atoms with E-state index in [-0.39, 0.29) is 41.5 Å². The van der Waals surface area contributed by atoms with Crippen molar-refractivity contribution in [1.29, 1.82) is 0 Å². The summed E-state index contributed by atoms with van der Waals surface area (Å²) in [5.74, 6) is -2.88. The van der Waals surface area contributed by atoms with E-state index in [0.717, 1.165) is 0 Å². The fraction of sp³-hybridized carbons (Fsp3) is 0.520. The Kier molecular flexibility index (Phi) is 7.05. The minimum Gasteiger partial charge on any atom is -0.465 e. The molecule has 3 heterocycles. The van der Waals surface area contributed by atoms with E-state index in [1.165, 1.54) is 4.40 Å². The van der Waals surface area contributed by atoms with Crippen LogP contribution in [0.3, 0.4) is 0 Å². The molecule has 9 nitrogen and oxygen atoms in total. The number of aromatic nitrogens is 2.